The first-order chi connectivity index (χ1) is 15.4. The smallest absolute Gasteiger partial charge is 0.293 e. The molecule has 0 aromatic heterocycles. The Labute approximate surface area is 211 Å². The van der Waals surface area contributed by atoms with E-state index in [-0.39, 0.29) is 17.7 Å². The summed E-state index contributed by atoms with van der Waals surface area (Å²) in [5.74, 6) is 0.355. The number of hydrogen-bond acceptors (Lipinski definition) is 4. The summed E-state index contributed by atoms with van der Waals surface area (Å²) in [6.45, 7) is 0.639. The summed E-state index contributed by atoms with van der Waals surface area (Å²) in [5, 5.41) is 0.312. The minimum Gasteiger partial charge on any atom is -0.487 e. The lowest BCUT2D eigenvalue weighted by Gasteiger charge is -2.12. The summed E-state index contributed by atoms with van der Waals surface area (Å²) in [4.78, 5) is 26.9. The van der Waals surface area contributed by atoms with E-state index in [0.29, 0.717) is 22.3 Å². The van der Waals surface area contributed by atoms with Crippen LogP contribution in [0.4, 0.5) is 4.79 Å². The second kappa shape index (κ2) is 10.3. The van der Waals surface area contributed by atoms with Crippen molar-refractivity contribution in [2.75, 3.05) is 0 Å². The van der Waals surface area contributed by atoms with Crippen molar-refractivity contribution in [3.8, 4) is 5.75 Å². The van der Waals surface area contributed by atoms with E-state index in [0.717, 1.165) is 37.4 Å². The van der Waals surface area contributed by atoms with Gasteiger partial charge in [0.15, 0.2) is 0 Å². The van der Waals surface area contributed by atoms with Gasteiger partial charge in [0.05, 0.1) is 20.4 Å². The molecule has 0 atom stereocenters. The fourth-order valence-corrected chi connectivity index (χ4v) is 5.51. The van der Waals surface area contributed by atoms with Crippen LogP contribution in [0.3, 0.4) is 0 Å². The van der Waals surface area contributed by atoms with Crippen molar-refractivity contribution in [2.24, 2.45) is 0 Å². The fourth-order valence-electron chi connectivity index (χ4n) is 3.09. The van der Waals surface area contributed by atoms with E-state index in [9.17, 15) is 9.59 Å². The summed E-state index contributed by atoms with van der Waals surface area (Å²) in [5.41, 5.74) is 2.67. The monoisotopic (exact) mass is 591 g/mol. The highest BCUT2D eigenvalue weighted by molar-refractivity contribution is 9.11. The molecule has 1 saturated heterocycles. The van der Waals surface area contributed by atoms with Crippen molar-refractivity contribution in [2.45, 2.75) is 13.2 Å². The third-order valence-electron chi connectivity index (χ3n) is 4.67. The molecule has 0 spiro atoms. The van der Waals surface area contributed by atoms with Crippen LogP contribution in [-0.4, -0.2) is 16.0 Å². The molecule has 0 bridgehead atoms. The van der Waals surface area contributed by atoms with Crippen LogP contribution < -0.4 is 4.74 Å². The summed E-state index contributed by atoms with van der Waals surface area (Å²) in [6.07, 6.45) is 1.71. The normalized spacial score (nSPS) is 15.0. The van der Waals surface area contributed by atoms with Crippen molar-refractivity contribution in [1.82, 2.24) is 4.90 Å². The Hall–Kier alpha value is -2.06. The van der Waals surface area contributed by atoms with Crippen molar-refractivity contribution in [1.29, 1.82) is 0 Å². The van der Waals surface area contributed by atoms with Gasteiger partial charge in [-0.3, -0.25) is 14.5 Å². The van der Waals surface area contributed by atoms with Gasteiger partial charge in [-0.1, -0.05) is 54.1 Å². The SMILES string of the molecule is O=C1S/C(=C\c2cc(Br)c(OCc3ccccc3)c(Br)c2)C(=O)N1Cc1ccc(Cl)cc1. The molecule has 1 heterocycles. The molecular weight excluding hydrogens is 578 g/mol. The number of carbonyl (C=O) groups excluding carboxylic acids is 2. The number of hydrogen-bond donors (Lipinski definition) is 0. The number of ether oxygens (including phenoxy) is 1. The van der Waals surface area contributed by atoms with Crippen LogP contribution in [0.15, 0.2) is 80.6 Å². The van der Waals surface area contributed by atoms with Gasteiger partial charge in [-0.2, -0.15) is 0 Å². The molecule has 1 aliphatic rings. The summed E-state index contributed by atoms with van der Waals surface area (Å²) >= 11 is 13.9. The maximum Gasteiger partial charge on any atom is 0.293 e. The lowest BCUT2D eigenvalue weighted by molar-refractivity contribution is -0.123. The number of carbonyl (C=O) groups is 2. The standard InChI is InChI=1S/C24H16Br2ClNO3S/c25-19-10-17(11-20(26)22(19)31-14-16-4-2-1-3-5-16)12-21-23(29)28(24(30)32-21)13-15-6-8-18(27)9-7-15/h1-12H,13-14H2/b21-12-. The van der Waals surface area contributed by atoms with Gasteiger partial charge in [0.1, 0.15) is 12.4 Å². The quantitative estimate of drug-likeness (QED) is 0.275. The summed E-state index contributed by atoms with van der Waals surface area (Å²) < 4.78 is 7.44. The zero-order valence-corrected chi connectivity index (χ0v) is 21.3. The third-order valence-corrected chi connectivity index (χ3v) is 7.01. The lowest BCUT2D eigenvalue weighted by atomic mass is 10.2. The Balaban J connectivity index is 1.50. The molecule has 4 rings (SSSR count). The number of halogens is 3. The van der Waals surface area contributed by atoms with Crippen LogP contribution in [0.5, 0.6) is 5.75 Å². The Morgan fingerprint density at radius 1 is 0.938 bits per heavy atom. The molecule has 32 heavy (non-hydrogen) atoms. The van der Waals surface area contributed by atoms with E-state index in [1.54, 1.807) is 30.3 Å². The van der Waals surface area contributed by atoms with E-state index >= 15 is 0 Å². The number of imide groups is 1. The van der Waals surface area contributed by atoms with Crippen LogP contribution in [0.25, 0.3) is 6.08 Å². The average Bonchev–Trinajstić information content (AvgIpc) is 3.02. The van der Waals surface area contributed by atoms with Crippen molar-refractivity contribution >= 4 is 72.4 Å². The van der Waals surface area contributed by atoms with E-state index in [4.69, 9.17) is 16.3 Å². The molecular formula is C24H16Br2ClNO3S. The molecule has 1 fully saturated rings. The highest BCUT2D eigenvalue weighted by Gasteiger charge is 2.35. The highest BCUT2D eigenvalue weighted by Crippen LogP contribution is 2.38. The van der Waals surface area contributed by atoms with E-state index < -0.39 is 0 Å². The highest BCUT2D eigenvalue weighted by atomic mass is 79.9. The van der Waals surface area contributed by atoms with Gasteiger partial charge >= 0.3 is 0 Å². The molecule has 8 heteroatoms. The zero-order valence-electron chi connectivity index (χ0n) is 16.6. The number of rotatable bonds is 6. The Bertz CT molecular complexity index is 1180. The van der Waals surface area contributed by atoms with Crippen LogP contribution >= 0.6 is 55.2 Å². The van der Waals surface area contributed by atoms with Gasteiger partial charge in [0.2, 0.25) is 0 Å². The largest absolute Gasteiger partial charge is 0.487 e. The van der Waals surface area contributed by atoms with Crippen LogP contribution in [0.2, 0.25) is 5.02 Å². The molecule has 2 amide bonds. The van der Waals surface area contributed by atoms with Gasteiger partial charge in [-0.25, -0.2) is 0 Å². The van der Waals surface area contributed by atoms with Gasteiger partial charge in [-0.05, 0) is 90.7 Å². The lowest BCUT2D eigenvalue weighted by Crippen LogP contribution is -2.27. The van der Waals surface area contributed by atoms with Gasteiger partial charge in [0.25, 0.3) is 11.1 Å². The fraction of sp³-hybridized carbons (Fsp3) is 0.0833. The molecule has 0 unspecified atom stereocenters. The molecule has 0 aliphatic carbocycles. The molecule has 0 saturated carbocycles. The van der Waals surface area contributed by atoms with Crippen molar-refractivity contribution in [3.63, 3.8) is 0 Å². The van der Waals surface area contributed by atoms with Gasteiger partial charge < -0.3 is 4.74 Å². The predicted octanol–water partition coefficient (Wildman–Crippen LogP) is 7.68. The number of nitrogens with zero attached hydrogens (tertiary/aromatic N) is 1. The first-order valence-electron chi connectivity index (χ1n) is 9.56. The predicted molar refractivity (Wildman–Crippen MR) is 136 cm³/mol. The maximum atomic E-state index is 12.8. The second-order valence-corrected chi connectivity index (χ2v) is 10.1. The minimum absolute atomic E-state index is 0.207. The summed E-state index contributed by atoms with van der Waals surface area (Å²) in [7, 11) is 0. The van der Waals surface area contributed by atoms with Crippen LogP contribution in [0, 0.1) is 0 Å². The molecule has 0 N–H and O–H groups in total. The van der Waals surface area contributed by atoms with Crippen molar-refractivity contribution < 1.29 is 14.3 Å². The Morgan fingerprint density at radius 2 is 1.59 bits per heavy atom. The van der Waals surface area contributed by atoms with Crippen LogP contribution in [-0.2, 0) is 17.9 Å². The molecule has 1 aliphatic heterocycles. The molecule has 3 aromatic rings. The number of amides is 2. The summed E-state index contributed by atoms with van der Waals surface area (Å²) in [6, 6.07) is 20.7. The minimum atomic E-state index is -0.313. The number of benzene rings is 3. The Morgan fingerprint density at radius 3 is 2.25 bits per heavy atom. The molecule has 4 nitrogen and oxygen atoms in total. The first kappa shape index (κ1) is 23.1. The third kappa shape index (κ3) is 5.46. The van der Waals surface area contributed by atoms with Crippen molar-refractivity contribution in [3.05, 3.63) is 102 Å². The van der Waals surface area contributed by atoms with E-state index in [2.05, 4.69) is 31.9 Å². The van der Waals surface area contributed by atoms with Crippen LogP contribution in [0.1, 0.15) is 16.7 Å². The van der Waals surface area contributed by atoms with E-state index in [1.165, 1.54) is 4.90 Å². The maximum absolute atomic E-state index is 12.8. The Kier molecular flexibility index (Phi) is 7.40. The van der Waals surface area contributed by atoms with Gasteiger partial charge in [-0.15, -0.1) is 0 Å². The first-order valence-corrected chi connectivity index (χ1v) is 12.3. The molecule has 0 radical (unpaired) electrons. The topological polar surface area (TPSA) is 46.6 Å². The average molecular weight is 594 g/mol. The van der Waals surface area contributed by atoms with E-state index in [1.807, 2.05) is 42.5 Å². The van der Waals surface area contributed by atoms with Gasteiger partial charge in [0, 0.05) is 5.02 Å². The molecule has 3 aromatic carbocycles. The second-order valence-electron chi connectivity index (χ2n) is 6.98. The zero-order chi connectivity index (χ0) is 22.7. The molecule has 162 valence electrons. The number of thioether (sulfide) groups is 1.